The Morgan fingerprint density at radius 2 is 1.88 bits per heavy atom. The molecule has 1 aliphatic heterocycles. The summed E-state index contributed by atoms with van der Waals surface area (Å²) in [5, 5.41) is 30.3. The first-order valence-electron chi connectivity index (χ1n) is 6.83. The van der Waals surface area contributed by atoms with Crippen molar-refractivity contribution >= 4 is 21.4 Å². The molecule has 1 amide bonds. The molecule has 140 valence electrons. The Morgan fingerprint density at radius 1 is 1.24 bits per heavy atom. The van der Waals surface area contributed by atoms with Gasteiger partial charge in [-0.05, 0) is 18.2 Å². The van der Waals surface area contributed by atoms with Crippen LogP contribution in [0.15, 0.2) is 29.2 Å². The number of aliphatic hydroxyl groups is 3. The molecule has 0 radical (unpaired) electrons. The summed E-state index contributed by atoms with van der Waals surface area (Å²) in [7, 11) is -5.59. The predicted octanol–water partition coefficient (Wildman–Crippen LogP) is -0.600. The molecule has 0 unspecified atom stereocenters. The van der Waals surface area contributed by atoms with Crippen molar-refractivity contribution in [3.8, 4) is 0 Å². The highest BCUT2D eigenvalue weighted by Gasteiger charge is 2.47. The van der Waals surface area contributed by atoms with Crippen molar-refractivity contribution in [3.63, 3.8) is 0 Å². The van der Waals surface area contributed by atoms with E-state index < -0.39 is 57.2 Å². The molecule has 4 N–H and O–H groups in total. The van der Waals surface area contributed by atoms with Gasteiger partial charge < -0.3 is 25.4 Å². The maximum Gasteiger partial charge on any atom is 0.501 e. The molecule has 4 atom stereocenters. The van der Waals surface area contributed by atoms with Gasteiger partial charge in [0.15, 0.2) is 6.10 Å². The molecule has 2 rings (SSSR count). The van der Waals surface area contributed by atoms with Crippen LogP contribution in [-0.2, 0) is 19.4 Å². The van der Waals surface area contributed by atoms with Crippen molar-refractivity contribution in [2.75, 3.05) is 11.9 Å². The quantitative estimate of drug-likeness (QED) is 0.544. The lowest BCUT2D eigenvalue weighted by Crippen LogP contribution is -2.39. The van der Waals surface area contributed by atoms with E-state index >= 15 is 0 Å². The lowest BCUT2D eigenvalue weighted by atomic mass is 10.1. The third-order valence-corrected chi connectivity index (χ3v) is 5.00. The van der Waals surface area contributed by atoms with Gasteiger partial charge in [0.25, 0.3) is 15.7 Å². The fraction of sp³-hybridized carbons (Fsp3) is 0.462. The average Bonchev–Trinajstić information content (AvgIpc) is 2.82. The minimum absolute atomic E-state index is 0.284. The molecule has 1 fully saturated rings. The molecule has 1 saturated heterocycles. The highest BCUT2D eigenvalue weighted by atomic mass is 32.2. The zero-order valence-electron chi connectivity index (χ0n) is 12.3. The van der Waals surface area contributed by atoms with Crippen molar-refractivity contribution in [2.45, 2.75) is 34.8 Å². The molecular weight excluding hydrogens is 371 g/mol. The van der Waals surface area contributed by atoms with E-state index in [1.54, 1.807) is 0 Å². The van der Waals surface area contributed by atoms with E-state index in [-0.39, 0.29) is 5.69 Å². The second-order valence-electron chi connectivity index (χ2n) is 5.23. The number of rotatable bonds is 4. The van der Waals surface area contributed by atoms with Crippen LogP contribution in [0.1, 0.15) is 0 Å². The van der Waals surface area contributed by atoms with E-state index in [9.17, 15) is 36.6 Å². The molecule has 25 heavy (non-hydrogen) atoms. The average molecular weight is 385 g/mol. The molecule has 1 aliphatic rings. The third-order valence-electron chi connectivity index (χ3n) is 3.52. The van der Waals surface area contributed by atoms with Crippen molar-refractivity contribution in [1.82, 2.24) is 0 Å². The van der Waals surface area contributed by atoms with Crippen molar-refractivity contribution < 1.29 is 46.4 Å². The minimum Gasteiger partial charge on any atom is -0.394 e. The molecule has 1 heterocycles. The molecule has 1 aromatic rings. The lowest BCUT2D eigenvalue weighted by Gasteiger charge is -2.15. The van der Waals surface area contributed by atoms with Crippen molar-refractivity contribution in [3.05, 3.63) is 24.3 Å². The Morgan fingerprint density at radius 3 is 2.40 bits per heavy atom. The van der Waals surface area contributed by atoms with Crippen LogP contribution in [0.5, 0.6) is 0 Å². The van der Waals surface area contributed by atoms with Crippen LogP contribution in [0.25, 0.3) is 0 Å². The Kier molecular flexibility index (Phi) is 5.39. The van der Waals surface area contributed by atoms with Crippen LogP contribution in [-0.4, -0.2) is 66.2 Å². The van der Waals surface area contributed by atoms with Crippen LogP contribution < -0.4 is 5.32 Å². The molecule has 8 nitrogen and oxygen atoms in total. The number of alkyl halides is 3. The summed E-state index contributed by atoms with van der Waals surface area (Å²) in [5.41, 5.74) is -5.79. The number of nitrogens with one attached hydrogen (secondary N) is 1. The zero-order chi connectivity index (χ0) is 19.0. The second-order valence-corrected chi connectivity index (χ2v) is 7.17. The van der Waals surface area contributed by atoms with Crippen LogP contribution in [0.4, 0.5) is 18.9 Å². The fourth-order valence-electron chi connectivity index (χ4n) is 2.20. The van der Waals surface area contributed by atoms with E-state index in [1.807, 2.05) is 0 Å². The van der Waals surface area contributed by atoms with Gasteiger partial charge in [-0.25, -0.2) is 8.42 Å². The lowest BCUT2D eigenvalue weighted by molar-refractivity contribution is -0.130. The van der Waals surface area contributed by atoms with Gasteiger partial charge in [-0.15, -0.1) is 0 Å². The highest BCUT2D eigenvalue weighted by Crippen LogP contribution is 2.31. The number of sulfone groups is 1. The number of amides is 1. The first-order valence-corrected chi connectivity index (χ1v) is 8.32. The van der Waals surface area contributed by atoms with Crippen LogP contribution >= 0.6 is 0 Å². The molecule has 0 saturated carbocycles. The van der Waals surface area contributed by atoms with Crippen LogP contribution in [0.2, 0.25) is 0 Å². The minimum atomic E-state index is -5.59. The van der Waals surface area contributed by atoms with E-state index in [2.05, 4.69) is 5.32 Å². The van der Waals surface area contributed by atoms with E-state index in [0.717, 1.165) is 12.1 Å². The molecule has 1 aromatic carbocycles. The summed E-state index contributed by atoms with van der Waals surface area (Å²) < 4.78 is 65.4. The summed E-state index contributed by atoms with van der Waals surface area (Å²) >= 11 is 0. The summed E-state index contributed by atoms with van der Waals surface area (Å²) in [6, 6.07) is 3.44. The number of anilines is 1. The zero-order valence-corrected chi connectivity index (χ0v) is 13.2. The SMILES string of the molecule is O=C(Nc1cccc(S(=O)(=O)C(F)(F)F)c1)[C@@H]1O[C@H](CO)[C@@H](O)[C@H]1O. The number of carbonyl (C=O) groups excluding carboxylic acids is 1. The van der Waals surface area contributed by atoms with Crippen molar-refractivity contribution in [2.24, 2.45) is 0 Å². The fourth-order valence-corrected chi connectivity index (χ4v) is 3.01. The van der Waals surface area contributed by atoms with Gasteiger partial charge in [0.05, 0.1) is 11.5 Å². The molecular formula is C13H14F3NO7S. The number of ether oxygens (including phenoxy) is 1. The number of benzene rings is 1. The Labute approximate surface area is 139 Å². The largest absolute Gasteiger partial charge is 0.501 e. The van der Waals surface area contributed by atoms with Crippen LogP contribution in [0.3, 0.4) is 0 Å². The van der Waals surface area contributed by atoms with Gasteiger partial charge >= 0.3 is 5.51 Å². The number of aliphatic hydroxyl groups excluding tert-OH is 3. The maximum absolute atomic E-state index is 12.6. The van der Waals surface area contributed by atoms with E-state index in [0.29, 0.717) is 12.1 Å². The van der Waals surface area contributed by atoms with Gasteiger partial charge in [0, 0.05) is 5.69 Å². The van der Waals surface area contributed by atoms with Crippen molar-refractivity contribution in [1.29, 1.82) is 0 Å². The van der Waals surface area contributed by atoms with Gasteiger partial charge in [-0.3, -0.25) is 4.79 Å². The molecule has 12 heteroatoms. The smallest absolute Gasteiger partial charge is 0.394 e. The number of hydrogen-bond donors (Lipinski definition) is 4. The van der Waals surface area contributed by atoms with Gasteiger partial charge in [0.2, 0.25) is 0 Å². The highest BCUT2D eigenvalue weighted by molar-refractivity contribution is 7.92. The van der Waals surface area contributed by atoms with Gasteiger partial charge in [0.1, 0.15) is 18.3 Å². The summed E-state index contributed by atoms with van der Waals surface area (Å²) in [5.74, 6) is -1.02. The first kappa shape index (κ1) is 19.6. The first-order chi connectivity index (χ1) is 11.5. The van der Waals surface area contributed by atoms with E-state index in [1.165, 1.54) is 0 Å². The van der Waals surface area contributed by atoms with Crippen LogP contribution in [0, 0.1) is 0 Å². The molecule has 0 aliphatic carbocycles. The third kappa shape index (κ3) is 3.77. The Bertz CT molecular complexity index is 752. The van der Waals surface area contributed by atoms with Gasteiger partial charge in [-0.2, -0.15) is 13.2 Å². The second kappa shape index (κ2) is 6.88. The Balaban J connectivity index is 2.19. The van der Waals surface area contributed by atoms with Gasteiger partial charge in [-0.1, -0.05) is 6.07 Å². The molecule has 0 aromatic heterocycles. The standard InChI is InChI=1S/C13H14F3NO7S/c14-13(15,16)25(22,23)7-3-1-2-6(4-7)17-12(21)11-10(20)9(19)8(5-18)24-11/h1-4,8-11,18-20H,5H2,(H,17,21)/t8-,9-,10-,11-/m1/s1. The maximum atomic E-state index is 12.6. The summed E-state index contributed by atoms with van der Waals surface area (Å²) in [4.78, 5) is 11.0. The number of carbonyl (C=O) groups is 1. The topological polar surface area (TPSA) is 133 Å². The number of hydrogen-bond acceptors (Lipinski definition) is 7. The molecule has 0 spiro atoms. The summed E-state index contributed by atoms with van der Waals surface area (Å²) in [6.45, 7) is -0.665. The number of halogens is 3. The normalized spacial score (nSPS) is 27.3. The monoisotopic (exact) mass is 385 g/mol. The predicted molar refractivity (Wildman–Crippen MR) is 76.1 cm³/mol. The Hall–Kier alpha value is -1.73. The summed E-state index contributed by atoms with van der Waals surface area (Å²) in [6.07, 6.45) is -5.99. The van der Waals surface area contributed by atoms with E-state index in [4.69, 9.17) is 9.84 Å². The molecule has 0 bridgehead atoms.